The molecule has 6 nitrogen and oxygen atoms in total. The van der Waals surface area contributed by atoms with Crippen molar-refractivity contribution >= 4 is 28.4 Å². The predicted molar refractivity (Wildman–Crippen MR) is 103 cm³/mol. The molecule has 0 aromatic heterocycles. The molecule has 1 saturated heterocycles. The zero-order valence-corrected chi connectivity index (χ0v) is 15.2. The molecule has 0 aliphatic carbocycles. The molecular formula is C21H21N3O3. The Kier molecular flexibility index (Phi) is 4.73. The van der Waals surface area contributed by atoms with E-state index in [1.807, 2.05) is 47.4 Å². The fourth-order valence-electron chi connectivity index (χ4n) is 3.59. The van der Waals surface area contributed by atoms with Gasteiger partial charge in [0, 0.05) is 32.1 Å². The van der Waals surface area contributed by atoms with Crippen molar-refractivity contribution in [3.63, 3.8) is 0 Å². The highest BCUT2D eigenvalue weighted by Gasteiger charge is 2.32. The molecule has 1 N–H and O–H groups in total. The van der Waals surface area contributed by atoms with Crippen molar-refractivity contribution in [1.82, 2.24) is 10.2 Å². The average molecular weight is 363 g/mol. The van der Waals surface area contributed by atoms with Crippen molar-refractivity contribution in [2.45, 2.75) is 13.3 Å². The van der Waals surface area contributed by atoms with Crippen LogP contribution in [0, 0.1) is 0 Å². The summed E-state index contributed by atoms with van der Waals surface area (Å²) < 4.78 is 5.48. The van der Waals surface area contributed by atoms with Crippen LogP contribution in [0.4, 0.5) is 0 Å². The maximum absolute atomic E-state index is 12.6. The minimum atomic E-state index is -0.569. The number of benzene rings is 2. The molecule has 138 valence electrons. The van der Waals surface area contributed by atoms with Crippen molar-refractivity contribution in [2.75, 3.05) is 26.2 Å². The number of rotatable bonds is 3. The summed E-state index contributed by atoms with van der Waals surface area (Å²) in [5.74, 6) is -0.495. The fourth-order valence-corrected chi connectivity index (χ4v) is 3.59. The summed E-state index contributed by atoms with van der Waals surface area (Å²) in [4.78, 5) is 31.3. The van der Waals surface area contributed by atoms with Gasteiger partial charge in [0.15, 0.2) is 11.5 Å². The number of ketones is 1. The maximum atomic E-state index is 12.6. The number of carbonyl (C=O) groups excluding carboxylic acids is 2. The number of carbonyl (C=O) groups is 2. The van der Waals surface area contributed by atoms with Gasteiger partial charge in [0.2, 0.25) is 5.90 Å². The van der Waals surface area contributed by atoms with Gasteiger partial charge in [-0.25, -0.2) is 9.79 Å². The Hall–Kier alpha value is -2.99. The highest BCUT2D eigenvalue weighted by atomic mass is 16.6. The molecule has 2 heterocycles. The average Bonchev–Trinajstić information content (AvgIpc) is 2.87. The van der Waals surface area contributed by atoms with E-state index < -0.39 is 5.97 Å². The van der Waals surface area contributed by atoms with Crippen LogP contribution in [0.2, 0.25) is 0 Å². The molecule has 0 unspecified atom stereocenters. The summed E-state index contributed by atoms with van der Waals surface area (Å²) in [7, 11) is 0. The van der Waals surface area contributed by atoms with E-state index in [1.165, 1.54) is 6.92 Å². The third-order valence-corrected chi connectivity index (χ3v) is 4.83. The number of ether oxygens (including phenoxy) is 1. The maximum Gasteiger partial charge on any atom is 0.366 e. The first kappa shape index (κ1) is 17.4. The highest BCUT2D eigenvalue weighted by molar-refractivity contribution is 6.18. The lowest BCUT2D eigenvalue weighted by atomic mass is 10.0. The molecule has 0 spiro atoms. The van der Waals surface area contributed by atoms with Crippen LogP contribution in [0.5, 0.6) is 0 Å². The predicted octanol–water partition coefficient (Wildman–Crippen LogP) is 2.24. The van der Waals surface area contributed by atoms with E-state index in [2.05, 4.69) is 10.3 Å². The third-order valence-electron chi connectivity index (χ3n) is 4.83. The molecule has 0 saturated carbocycles. The van der Waals surface area contributed by atoms with Crippen molar-refractivity contribution in [2.24, 2.45) is 4.99 Å². The van der Waals surface area contributed by atoms with Gasteiger partial charge < -0.3 is 15.0 Å². The number of hydrogen-bond acceptors (Lipinski definition) is 6. The fraction of sp³-hybridized carbons (Fsp3) is 0.286. The third kappa shape index (κ3) is 3.36. The van der Waals surface area contributed by atoms with Gasteiger partial charge in [0.1, 0.15) is 5.70 Å². The van der Waals surface area contributed by atoms with E-state index in [0.29, 0.717) is 18.8 Å². The van der Waals surface area contributed by atoms with Crippen molar-refractivity contribution in [1.29, 1.82) is 0 Å². The number of allylic oxidation sites excluding steroid dienone is 1. The second-order valence-electron chi connectivity index (χ2n) is 6.68. The Morgan fingerprint density at radius 2 is 1.93 bits per heavy atom. The zero-order valence-electron chi connectivity index (χ0n) is 15.2. The van der Waals surface area contributed by atoms with E-state index in [4.69, 9.17) is 4.74 Å². The molecule has 0 atom stereocenters. The minimum absolute atomic E-state index is 0.104. The molecule has 2 aromatic carbocycles. The number of esters is 1. The van der Waals surface area contributed by atoms with Gasteiger partial charge >= 0.3 is 5.97 Å². The molecule has 1 fully saturated rings. The van der Waals surface area contributed by atoms with E-state index in [-0.39, 0.29) is 17.4 Å². The summed E-state index contributed by atoms with van der Waals surface area (Å²) >= 11 is 0. The molecule has 27 heavy (non-hydrogen) atoms. The largest absolute Gasteiger partial charge is 0.402 e. The summed E-state index contributed by atoms with van der Waals surface area (Å²) in [5, 5.41) is 5.29. The topological polar surface area (TPSA) is 71.0 Å². The van der Waals surface area contributed by atoms with E-state index in [9.17, 15) is 9.59 Å². The molecule has 4 rings (SSSR count). The zero-order chi connectivity index (χ0) is 18.8. The van der Waals surface area contributed by atoms with Crippen LogP contribution in [-0.2, 0) is 14.3 Å². The van der Waals surface area contributed by atoms with E-state index in [1.54, 1.807) is 0 Å². The standard InChI is InChI=1S/C21H21N3O3/c1-14(25)19(24-12-5-10-22-11-13-24)18-21(26)27-20(23-18)17-9-4-7-15-6-2-3-8-16(15)17/h2-4,6-9,22H,5,10-13H2,1H3. The van der Waals surface area contributed by atoms with Gasteiger partial charge in [0.05, 0.1) is 0 Å². The van der Waals surface area contributed by atoms with Crippen LogP contribution in [0.25, 0.3) is 10.8 Å². The summed E-state index contributed by atoms with van der Waals surface area (Å²) in [6.07, 6.45) is 0.902. The lowest BCUT2D eigenvalue weighted by Gasteiger charge is -2.23. The number of cyclic esters (lactones) is 1. The Morgan fingerprint density at radius 1 is 1.11 bits per heavy atom. The first-order valence-corrected chi connectivity index (χ1v) is 9.15. The minimum Gasteiger partial charge on any atom is -0.402 e. The number of aliphatic imine (C=N–C) groups is 1. The van der Waals surface area contributed by atoms with Crippen molar-refractivity contribution in [3.8, 4) is 0 Å². The van der Waals surface area contributed by atoms with Gasteiger partial charge in [-0.05, 0) is 29.8 Å². The second-order valence-corrected chi connectivity index (χ2v) is 6.68. The normalized spacial score (nSPS) is 19.5. The van der Waals surface area contributed by atoms with Gasteiger partial charge in [-0.3, -0.25) is 4.79 Å². The lowest BCUT2D eigenvalue weighted by Crippen LogP contribution is -2.32. The highest BCUT2D eigenvalue weighted by Crippen LogP contribution is 2.26. The number of hydrogen-bond donors (Lipinski definition) is 1. The van der Waals surface area contributed by atoms with Gasteiger partial charge in [-0.1, -0.05) is 36.4 Å². The molecule has 2 aliphatic rings. The SMILES string of the molecule is CC(=O)C(=C1N=C(c2cccc3ccccc23)OC1=O)N1CCCNCC1. The Bertz CT molecular complexity index is 964. The Balaban J connectivity index is 1.80. The Morgan fingerprint density at radius 3 is 2.78 bits per heavy atom. The van der Waals surface area contributed by atoms with Gasteiger partial charge in [-0.15, -0.1) is 0 Å². The van der Waals surface area contributed by atoms with Gasteiger partial charge in [0.25, 0.3) is 0 Å². The molecule has 0 radical (unpaired) electrons. The van der Waals surface area contributed by atoms with Crippen molar-refractivity contribution in [3.05, 3.63) is 59.4 Å². The van der Waals surface area contributed by atoms with Gasteiger partial charge in [-0.2, -0.15) is 0 Å². The summed E-state index contributed by atoms with van der Waals surface area (Å²) in [6, 6.07) is 13.6. The number of fused-ring (bicyclic) bond motifs is 1. The molecule has 0 bridgehead atoms. The molecule has 2 aromatic rings. The first-order valence-electron chi connectivity index (χ1n) is 9.15. The quantitative estimate of drug-likeness (QED) is 0.669. The molecule has 6 heteroatoms. The number of nitrogens with zero attached hydrogens (tertiary/aromatic N) is 2. The van der Waals surface area contributed by atoms with Crippen LogP contribution in [-0.4, -0.2) is 48.7 Å². The first-order chi connectivity index (χ1) is 13.1. The van der Waals surface area contributed by atoms with Crippen molar-refractivity contribution < 1.29 is 14.3 Å². The van der Waals surface area contributed by atoms with Crippen LogP contribution in [0.15, 0.2) is 58.9 Å². The Labute approximate surface area is 157 Å². The van der Waals surface area contributed by atoms with E-state index >= 15 is 0 Å². The monoisotopic (exact) mass is 363 g/mol. The smallest absolute Gasteiger partial charge is 0.366 e. The number of Topliss-reactive ketones (excluding diaryl/α,β-unsaturated/α-hetero) is 1. The summed E-state index contributed by atoms with van der Waals surface area (Å²) in [6.45, 7) is 4.49. The summed E-state index contributed by atoms with van der Waals surface area (Å²) in [5.41, 5.74) is 1.20. The van der Waals surface area contributed by atoms with Crippen LogP contribution >= 0.6 is 0 Å². The van der Waals surface area contributed by atoms with Crippen LogP contribution in [0.1, 0.15) is 18.9 Å². The lowest BCUT2D eigenvalue weighted by molar-refractivity contribution is -0.130. The molecular weight excluding hydrogens is 342 g/mol. The van der Waals surface area contributed by atoms with E-state index in [0.717, 1.165) is 35.8 Å². The van der Waals surface area contributed by atoms with Crippen LogP contribution in [0.3, 0.4) is 0 Å². The van der Waals surface area contributed by atoms with Crippen LogP contribution < -0.4 is 5.32 Å². The molecule has 0 amide bonds. The number of nitrogens with one attached hydrogen (secondary N) is 1. The molecule has 2 aliphatic heterocycles. The second kappa shape index (κ2) is 7.32.